The number of amides is 2. The van der Waals surface area contributed by atoms with E-state index >= 15 is 0 Å². The molecule has 4 rings (SSSR count). The first-order valence-corrected chi connectivity index (χ1v) is 15.0. The molecule has 0 aromatic heterocycles. The molecule has 212 valence electrons. The third kappa shape index (κ3) is 5.16. The first-order chi connectivity index (χ1) is 18.7. The second kappa shape index (κ2) is 12.5. The van der Waals surface area contributed by atoms with Crippen LogP contribution < -0.4 is 4.90 Å². The molecule has 1 N–H and O–H groups in total. The van der Waals surface area contributed by atoms with Crippen molar-refractivity contribution in [1.82, 2.24) is 4.90 Å². The van der Waals surface area contributed by atoms with Gasteiger partial charge in [-0.1, -0.05) is 42.8 Å². The average molecular weight is 575 g/mol. The Hall–Kier alpha value is -2.29. The van der Waals surface area contributed by atoms with E-state index in [0.29, 0.717) is 23.7 Å². The molecule has 0 saturated carbocycles. The normalized spacial score (nSPS) is 28.9. The number of fused-ring (bicyclic) bond motifs is 1. The van der Waals surface area contributed by atoms with Crippen LogP contribution in [-0.4, -0.2) is 70.1 Å². The zero-order valence-corrected chi connectivity index (χ0v) is 24.4. The van der Waals surface area contributed by atoms with Gasteiger partial charge in [0.1, 0.15) is 6.04 Å². The number of esters is 1. The highest BCUT2D eigenvalue weighted by Crippen LogP contribution is 2.69. The molecule has 1 aromatic rings. The van der Waals surface area contributed by atoms with Gasteiger partial charge in [-0.2, -0.15) is 0 Å². The molecule has 1 spiro atoms. The number of para-hydroxylation sites is 1. The molecule has 3 saturated heterocycles. The summed E-state index contributed by atoms with van der Waals surface area (Å²) in [5.74, 6) is -2.00. The van der Waals surface area contributed by atoms with E-state index in [1.165, 1.54) is 0 Å². The standard InChI is InChI=1S/C30H39ClN2O5S/c1-5-7-8-9-17-38-29(37)23-22-18-20(4)30(39-22)24(23)27(35)33(15-11-16-34)26(30)28(36)32(14-6-2)25-19(3)12-10-13-21(25)31/h5-6,10,12-13,20,22-24,26,34H,1-2,7-9,11,14-18H2,3-4H3/t20?,22-,23+,24+,26?,30?/m1/s1. The van der Waals surface area contributed by atoms with Crippen LogP contribution in [0, 0.1) is 24.7 Å². The van der Waals surface area contributed by atoms with Gasteiger partial charge in [-0.25, -0.2) is 0 Å². The number of ether oxygens (including phenoxy) is 1. The lowest BCUT2D eigenvalue weighted by atomic mass is 9.66. The topological polar surface area (TPSA) is 87.1 Å². The van der Waals surface area contributed by atoms with E-state index in [2.05, 4.69) is 20.1 Å². The van der Waals surface area contributed by atoms with Crippen LogP contribution in [0.4, 0.5) is 5.69 Å². The number of hydrogen-bond donors (Lipinski definition) is 1. The summed E-state index contributed by atoms with van der Waals surface area (Å²) in [6.07, 6.45) is 7.04. The number of aliphatic hydroxyl groups is 1. The Kier molecular flexibility index (Phi) is 9.50. The van der Waals surface area contributed by atoms with Crippen molar-refractivity contribution in [2.75, 3.05) is 31.2 Å². The third-order valence-electron chi connectivity index (χ3n) is 8.39. The van der Waals surface area contributed by atoms with Crippen LogP contribution in [-0.2, 0) is 19.1 Å². The smallest absolute Gasteiger partial charge is 0.310 e. The van der Waals surface area contributed by atoms with E-state index in [-0.39, 0.29) is 48.6 Å². The quantitative estimate of drug-likeness (QED) is 0.207. The fraction of sp³-hybridized carbons (Fsp3) is 0.567. The maximum Gasteiger partial charge on any atom is 0.310 e. The van der Waals surface area contributed by atoms with Crippen molar-refractivity contribution in [3.8, 4) is 0 Å². The van der Waals surface area contributed by atoms with Crippen molar-refractivity contribution < 1.29 is 24.2 Å². The number of carbonyl (C=O) groups excluding carboxylic acids is 3. The Morgan fingerprint density at radius 2 is 2.05 bits per heavy atom. The predicted octanol–water partition coefficient (Wildman–Crippen LogP) is 4.79. The van der Waals surface area contributed by atoms with Gasteiger partial charge in [0.25, 0.3) is 5.91 Å². The number of hydrogen-bond acceptors (Lipinski definition) is 6. The summed E-state index contributed by atoms with van der Waals surface area (Å²) in [5.41, 5.74) is 1.44. The number of unbranched alkanes of at least 4 members (excludes halogenated alkanes) is 2. The van der Waals surface area contributed by atoms with Crippen molar-refractivity contribution in [3.63, 3.8) is 0 Å². The van der Waals surface area contributed by atoms with Crippen LogP contribution in [0.15, 0.2) is 43.5 Å². The summed E-state index contributed by atoms with van der Waals surface area (Å²) in [5, 5.41) is 9.98. The van der Waals surface area contributed by atoms with Crippen molar-refractivity contribution in [1.29, 1.82) is 0 Å². The van der Waals surface area contributed by atoms with Crippen LogP contribution in [0.1, 0.15) is 44.6 Å². The molecule has 39 heavy (non-hydrogen) atoms. The van der Waals surface area contributed by atoms with E-state index < -0.39 is 22.6 Å². The molecular weight excluding hydrogens is 536 g/mol. The summed E-state index contributed by atoms with van der Waals surface area (Å²) in [4.78, 5) is 45.4. The Morgan fingerprint density at radius 3 is 2.72 bits per heavy atom. The summed E-state index contributed by atoms with van der Waals surface area (Å²) >= 11 is 8.22. The number of carbonyl (C=O) groups is 3. The summed E-state index contributed by atoms with van der Waals surface area (Å²) < 4.78 is 4.92. The molecule has 9 heteroatoms. The minimum atomic E-state index is -0.799. The Balaban J connectivity index is 1.72. The first kappa shape index (κ1) is 29.7. The molecule has 3 unspecified atom stereocenters. The van der Waals surface area contributed by atoms with E-state index in [9.17, 15) is 19.5 Å². The zero-order valence-electron chi connectivity index (χ0n) is 22.8. The first-order valence-electron chi connectivity index (χ1n) is 13.8. The largest absolute Gasteiger partial charge is 0.465 e. The minimum Gasteiger partial charge on any atom is -0.465 e. The van der Waals surface area contributed by atoms with Gasteiger partial charge in [0, 0.05) is 24.9 Å². The monoisotopic (exact) mass is 574 g/mol. The van der Waals surface area contributed by atoms with Gasteiger partial charge in [0.2, 0.25) is 5.91 Å². The van der Waals surface area contributed by atoms with Crippen LogP contribution in [0.3, 0.4) is 0 Å². The fourth-order valence-electron chi connectivity index (χ4n) is 6.74. The number of nitrogens with zero attached hydrogens (tertiary/aromatic N) is 2. The zero-order chi connectivity index (χ0) is 28.3. The Labute approximate surface area is 240 Å². The van der Waals surface area contributed by atoms with Crippen LogP contribution >= 0.6 is 23.4 Å². The van der Waals surface area contributed by atoms with Gasteiger partial charge in [0.15, 0.2) is 0 Å². The second-order valence-corrected chi connectivity index (χ2v) is 12.7. The Bertz CT molecular complexity index is 1110. The molecule has 6 atom stereocenters. The number of anilines is 1. The predicted molar refractivity (Wildman–Crippen MR) is 156 cm³/mol. The van der Waals surface area contributed by atoms with Gasteiger partial charge >= 0.3 is 5.97 Å². The molecule has 2 bridgehead atoms. The maximum atomic E-state index is 14.6. The number of aliphatic hydroxyl groups excluding tert-OH is 1. The van der Waals surface area contributed by atoms with E-state index in [1.807, 2.05) is 25.1 Å². The highest BCUT2D eigenvalue weighted by Gasteiger charge is 2.76. The molecule has 0 aliphatic carbocycles. The number of allylic oxidation sites excluding steroid dienone is 1. The van der Waals surface area contributed by atoms with Crippen molar-refractivity contribution in [3.05, 3.63) is 54.1 Å². The number of rotatable bonds is 13. The SMILES string of the molecule is C=CCCCCOC(=O)[C@@H]1[C@H]2C(=O)N(CCCO)C(C(=O)N(CC=C)c3c(C)cccc3Cl)C23S[C@@H]1CC3C. The van der Waals surface area contributed by atoms with Gasteiger partial charge in [-0.3, -0.25) is 14.4 Å². The molecule has 3 aliphatic rings. The van der Waals surface area contributed by atoms with Crippen molar-refractivity contribution in [2.24, 2.45) is 17.8 Å². The number of thioether (sulfide) groups is 1. The minimum absolute atomic E-state index is 0.0316. The molecule has 3 heterocycles. The van der Waals surface area contributed by atoms with Gasteiger partial charge < -0.3 is 19.6 Å². The number of halogens is 1. The number of aryl methyl sites for hydroxylation is 1. The average Bonchev–Trinajstić information content (AvgIpc) is 3.49. The van der Waals surface area contributed by atoms with Gasteiger partial charge in [0.05, 0.1) is 33.9 Å². The maximum absolute atomic E-state index is 14.6. The summed E-state index contributed by atoms with van der Waals surface area (Å²) in [6.45, 7) is 12.2. The van der Waals surface area contributed by atoms with Gasteiger partial charge in [-0.15, -0.1) is 24.9 Å². The second-order valence-electron chi connectivity index (χ2n) is 10.8. The van der Waals surface area contributed by atoms with Crippen LogP contribution in [0.5, 0.6) is 0 Å². The summed E-state index contributed by atoms with van der Waals surface area (Å²) in [7, 11) is 0. The van der Waals surface area contributed by atoms with Crippen molar-refractivity contribution in [2.45, 2.75) is 62.0 Å². The van der Waals surface area contributed by atoms with Gasteiger partial charge in [-0.05, 0) is 56.6 Å². The van der Waals surface area contributed by atoms with Crippen LogP contribution in [0.2, 0.25) is 5.02 Å². The van der Waals surface area contributed by atoms with Crippen LogP contribution in [0.25, 0.3) is 0 Å². The van der Waals surface area contributed by atoms with E-state index in [1.54, 1.807) is 33.7 Å². The molecule has 3 fully saturated rings. The molecule has 1 aromatic carbocycles. The van der Waals surface area contributed by atoms with E-state index in [0.717, 1.165) is 31.2 Å². The lowest BCUT2D eigenvalue weighted by Crippen LogP contribution is -2.57. The van der Waals surface area contributed by atoms with E-state index in [4.69, 9.17) is 16.3 Å². The highest BCUT2D eigenvalue weighted by atomic mass is 35.5. The molecule has 7 nitrogen and oxygen atoms in total. The molecule has 2 amide bonds. The lowest BCUT2D eigenvalue weighted by molar-refractivity contribution is -0.154. The molecule has 3 aliphatic heterocycles. The number of benzene rings is 1. The summed E-state index contributed by atoms with van der Waals surface area (Å²) in [6, 6.07) is 4.68. The number of likely N-dealkylation sites (tertiary alicyclic amines) is 1. The third-order valence-corrected chi connectivity index (χ3v) is 10.8. The molecular formula is C30H39ClN2O5S. The highest BCUT2D eigenvalue weighted by molar-refractivity contribution is 8.02. The fourth-order valence-corrected chi connectivity index (χ4v) is 9.47. The molecule has 0 radical (unpaired) electrons. The van der Waals surface area contributed by atoms with Crippen molar-refractivity contribution >= 4 is 46.8 Å². The lowest BCUT2D eigenvalue weighted by Gasteiger charge is -2.40. The Morgan fingerprint density at radius 1 is 1.28 bits per heavy atom.